The Balaban J connectivity index is 1.43. The highest BCUT2D eigenvalue weighted by molar-refractivity contribution is 5.87. The van der Waals surface area contributed by atoms with Crippen molar-refractivity contribution in [2.75, 3.05) is 59.4 Å². The quantitative estimate of drug-likeness (QED) is 0.0344. The molecule has 3 saturated heterocycles. The van der Waals surface area contributed by atoms with Crippen molar-refractivity contribution in [2.24, 2.45) is 17.0 Å². The summed E-state index contributed by atoms with van der Waals surface area (Å²) in [5, 5.41) is 6.53. The Morgan fingerprint density at radius 2 is 1.72 bits per heavy atom. The van der Waals surface area contributed by atoms with Crippen LogP contribution in [0, 0.1) is 11.8 Å². The lowest BCUT2D eigenvalue weighted by Crippen LogP contribution is -2.55. The Kier molecular flexibility index (Phi) is 16.4. The van der Waals surface area contributed by atoms with Crippen molar-refractivity contribution in [1.29, 1.82) is 0 Å². The molecule has 0 aromatic carbocycles. The fourth-order valence-corrected chi connectivity index (χ4v) is 6.10. The summed E-state index contributed by atoms with van der Waals surface area (Å²) in [4.78, 5) is 15.0. The van der Waals surface area contributed by atoms with Gasteiger partial charge in [0.15, 0.2) is 0 Å². The minimum absolute atomic E-state index is 0.00295. The molecule has 3 aliphatic rings. The van der Waals surface area contributed by atoms with Gasteiger partial charge in [0.05, 0.1) is 76.7 Å². The second kappa shape index (κ2) is 19.7. The second-order valence-corrected chi connectivity index (χ2v) is 13.8. The van der Waals surface area contributed by atoms with Gasteiger partial charge in [-0.05, 0) is 64.0 Å². The number of azide groups is 1. The molecular formula is C35H58N4O8. The first kappa shape index (κ1) is 39.2. The molecule has 0 bridgehead atoms. The molecule has 0 aromatic rings. The van der Waals surface area contributed by atoms with Gasteiger partial charge in [0, 0.05) is 17.9 Å². The van der Waals surface area contributed by atoms with Crippen LogP contribution in [0.5, 0.6) is 0 Å². The normalized spacial score (nSPS) is 30.7. The fraction of sp³-hybridized carbons (Fsp3) is 0.800. The molecule has 0 aliphatic carbocycles. The van der Waals surface area contributed by atoms with Crippen LogP contribution in [0.4, 0.5) is 0 Å². The summed E-state index contributed by atoms with van der Waals surface area (Å²) in [7, 11) is 0. The number of rotatable bonds is 20. The highest BCUT2D eigenvalue weighted by Crippen LogP contribution is 2.47. The maximum Gasteiger partial charge on any atom is 0.243 e. The largest absolute Gasteiger partial charge is 0.379 e. The van der Waals surface area contributed by atoms with Crippen LogP contribution in [0.2, 0.25) is 0 Å². The summed E-state index contributed by atoms with van der Waals surface area (Å²) in [6.45, 7) is 18.7. The Labute approximate surface area is 281 Å². The van der Waals surface area contributed by atoms with Gasteiger partial charge in [-0.2, -0.15) is 0 Å². The number of carbonyl (C=O) groups is 1. The lowest BCUT2D eigenvalue weighted by atomic mass is 9.83. The van der Waals surface area contributed by atoms with Gasteiger partial charge in [0.2, 0.25) is 5.91 Å². The predicted octanol–water partition coefficient (Wildman–Crippen LogP) is 5.47. The average molecular weight is 663 g/mol. The van der Waals surface area contributed by atoms with Crippen molar-refractivity contribution in [2.45, 2.75) is 109 Å². The van der Waals surface area contributed by atoms with Crippen molar-refractivity contribution in [3.63, 3.8) is 0 Å². The van der Waals surface area contributed by atoms with Crippen LogP contribution in [0.25, 0.3) is 10.4 Å². The number of amides is 1. The summed E-state index contributed by atoms with van der Waals surface area (Å²) in [5.41, 5.74) is 8.70. The standard InChI is InChI=1S/C35H58N4O8/c1-25(2)8-13-32(40)38-29-22-27(4)30(46-28(29)5)11-9-26(3)10-12-31-33(35(24-45-35)23-34(6,7)47-31)44-21-20-43-19-18-42-17-16-41-15-14-37-39-36/h8-10,12-13,25,27-31,33H,11,14-24H2,1-7H3,(H,38,40)/b12-10+,13-8-,26-9+/t27-,28+,29+,30-,31+,33+,35+/m0/s1. The molecule has 47 heavy (non-hydrogen) atoms. The van der Waals surface area contributed by atoms with E-state index in [2.05, 4.69) is 75.1 Å². The van der Waals surface area contributed by atoms with Crippen molar-refractivity contribution < 1.29 is 38.0 Å². The van der Waals surface area contributed by atoms with E-state index < -0.39 is 0 Å². The minimum atomic E-state index is -0.339. The zero-order valence-corrected chi connectivity index (χ0v) is 29.5. The molecule has 1 N–H and O–H groups in total. The molecule has 1 spiro atoms. The molecule has 12 heteroatoms. The fourth-order valence-electron chi connectivity index (χ4n) is 6.10. The summed E-state index contributed by atoms with van der Waals surface area (Å²) in [5.74, 6) is 0.593. The maximum absolute atomic E-state index is 12.3. The smallest absolute Gasteiger partial charge is 0.243 e. The number of hydrogen-bond acceptors (Lipinski definition) is 9. The van der Waals surface area contributed by atoms with E-state index in [0.717, 1.165) is 24.8 Å². The highest BCUT2D eigenvalue weighted by Gasteiger charge is 2.61. The van der Waals surface area contributed by atoms with Crippen LogP contribution in [0.15, 0.2) is 41.1 Å². The van der Waals surface area contributed by atoms with Crippen LogP contribution in [0.3, 0.4) is 0 Å². The van der Waals surface area contributed by atoms with Gasteiger partial charge in [-0.1, -0.05) is 55.8 Å². The van der Waals surface area contributed by atoms with Gasteiger partial charge in [0.1, 0.15) is 17.8 Å². The monoisotopic (exact) mass is 662 g/mol. The zero-order chi connectivity index (χ0) is 34.3. The van der Waals surface area contributed by atoms with E-state index >= 15 is 0 Å². The molecule has 1 amide bonds. The maximum atomic E-state index is 12.3. The van der Waals surface area contributed by atoms with Crippen LogP contribution in [-0.2, 0) is 38.0 Å². The van der Waals surface area contributed by atoms with Gasteiger partial charge < -0.3 is 38.5 Å². The number of nitrogens with one attached hydrogen (secondary N) is 1. The summed E-state index contributed by atoms with van der Waals surface area (Å²) in [6.07, 6.45) is 11.9. The lowest BCUT2D eigenvalue weighted by Gasteiger charge is -2.43. The molecule has 0 saturated carbocycles. The SMILES string of the molecule is CC(/C=C/[C@H]1OC(C)(C)C[C@@]2(CO2)[C@@H]1OCCOCCOCCOCCN=[N+]=[N-])=C\C[C@@H]1O[C@H](C)[C@H](NC(=O)/C=C\C(C)C)C[C@@H]1C. The zero-order valence-electron chi connectivity index (χ0n) is 29.5. The third-order valence-corrected chi connectivity index (χ3v) is 8.58. The molecule has 0 aromatic heterocycles. The highest BCUT2D eigenvalue weighted by atomic mass is 16.6. The third-order valence-electron chi connectivity index (χ3n) is 8.58. The molecule has 3 rings (SSSR count). The van der Waals surface area contributed by atoms with E-state index in [1.165, 1.54) is 0 Å². The van der Waals surface area contributed by atoms with Gasteiger partial charge >= 0.3 is 0 Å². The van der Waals surface area contributed by atoms with E-state index in [-0.39, 0.29) is 47.6 Å². The number of hydrogen-bond donors (Lipinski definition) is 1. The molecule has 0 radical (unpaired) electrons. The van der Waals surface area contributed by atoms with Crippen LogP contribution in [0.1, 0.15) is 67.7 Å². The van der Waals surface area contributed by atoms with Gasteiger partial charge in [-0.3, -0.25) is 4.79 Å². The molecule has 3 aliphatic heterocycles. The number of epoxide rings is 1. The molecule has 7 atom stereocenters. The number of allylic oxidation sites excluding steroid dienone is 3. The first-order valence-corrected chi connectivity index (χ1v) is 17.1. The van der Waals surface area contributed by atoms with E-state index in [9.17, 15) is 4.79 Å². The Morgan fingerprint density at radius 1 is 1.06 bits per heavy atom. The van der Waals surface area contributed by atoms with Gasteiger partial charge in [0.25, 0.3) is 0 Å². The first-order valence-electron chi connectivity index (χ1n) is 17.1. The molecule has 0 unspecified atom stereocenters. The van der Waals surface area contributed by atoms with E-state index in [4.69, 9.17) is 38.7 Å². The van der Waals surface area contributed by atoms with E-state index in [1.54, 1.807) is 6.08 Å². The van der Waals surface area contributed by atoms with Crippen molar-refractivity contribution >= 4 is 5.91 Å². The van der Waals surface area contributed by atoms with Crippen LogP contribution in [-0.4, -0.2) is 107 Å². The Hall–Kier alpha value is -2.28. The average Bonchev–Trinajstić information content (AvgIpc) is 3.77. The molecule has 12 nitrogen and oxygen atoms in total. The number of nitrogens with zero attached hydrogens (tertiary/aromatic N) is 3. The van der Waals surface area contributed by atoms with E-state index in [0.29, 0.717) is 71.2 Å². The number of carbonyl (C=O) groups excluding carboxylic acids is 1. The van der Waals surface area contributed by atoms with Crippen LogP contribution >= 0.6 is 0 Å². The molecule has 266 valence electrons. The summed E-state index contributed by atoms with van der Waals surface area (Å²) >= 11 is 0. The second-order valence-electron chi connectivity index (χ2n) is 13.8. The minimum Gasteiger partial charge on any atom is -0.379 e. The van der Waals surface area contributed by atoms with Gasteiger partial charge in [-0.15, -0.1) is 0 Å². The molecular weight excluding hydrogens is 604 g/mol. The number of ether oxygens (including phenoxy) is 7. The molecule has 3 heterocycles. The predicted molar refractivity (Wildman–Crippen MR) is 180 cm³/mol. The van der Waals surface area contributed by atoms with E-state index in [1.807, 2.05) is 13.0 Å². The summed E-state index contributed by atoms with van der Waals surface area (Å²) in [6, 6.07) is 0.00295. The Morgan fingerprint density at radius 3 is 2.36 bits per heavy atom. The lowest BCUT2D eigenvalue weighted by molar-refractivity contribution is -0.191. The van der Waals surface area contributed by atoms with Crippen molar-refractivity contribution in [3.8, 4) is 0 Å². The topological polar surface area (TPSA) is 146 Å². The third kappa shape index (κ3) is 14.0. The van der Waals surface area contributed by atoms with Crippen LogP contribution < -0.4 is 5.32 Å². The van der Waals surface area contributed by atoms with Gasteiger partial charge in [-0.25, -0.2) is 0 Å². The molecule has 3 fully saturated rings. The first-order chi connectivity index (χ1) is 22.4. The summed E-state index contributed by atoms with van der Waals surface area (Å²) < 4.78 is 41.7. The van der Waals surface area contributed by atoms with Crippen molar-refractivity contribution in [3.05, 3.63) is 46.4 Å². The Bertz CT molecular complexity index is 1100. The van der Waals surface area contributed by atoms with Crippen molar-refractivity contribution in [1.82, 2.24) is 5.32 Å².